The summed E-state index contributed by atoms with van der Waals surface area (Å²) in [6.07, 6.45) is -0.224. The number of hydrogen-bond donors (Lipinski definition) is 5. The summed E-state index contributed by atoms with van der Waals surface area (Å²) in [5.74, 6) is -0.741. The van der Waals surface area contributed by atoms with Crippen LogP contribution in [0.5, 0.6) is 11.5 Å². The smallest absolute Gasteiger partial charge is 0.341 e. The molecule has 2 aromatic carbocycles. The number of esters is 1. The number of carbonyl (C=O) groups excluding carboxylic acids is 1. The Balaban J connectivity index is 1.96. The predicted molar refractivity (Wildman–Crippen MR) is 99.6 cm³/mol. The number of rotatable bonds is 8. The number of ether oxygens (including phenoxy) is 1. The highest BCUT2D eigenvalue weighted by Crippen LogP contribution is 2.23. The van der Waals surface area contributed by atoms with Crippen molar-refractivity contribution in [1.82, 2.24) is 5.32 Å². The Morgan fingerprint density at radius 1 is 1.15 bits per heavy atom. The van der Waals surface area contributed by atoms with Crippen molar-refractivity contribution in [2.24, 2.45) is 0 Å². The van der Waals surface area contributed by atoms with Crippen molar-refractivity contribution in [1.29, 1.82) is 0 Å². The number of aliphatic hydroxyl groups is 2. The quantitative estimate of drug-likeness (QED) is 0.445. The van der Waals surface area contributed by atoms with Crippen LogP contribution in [-0.4, -0.2) is 46.1 Å². The number of aromatic hydroxyl groups is 2. The van der Waals surface area contributed by atoms with Gasteiger partial charge in [-0.15, -0.1) is 0 Å². The number of carbonyl (C=O) groups is 1. The first-order valence-corrected chi connectivity index (χ1v) is 8.60. The molecule has 0 bridgehead atoms. The summed E-state index contributed by atoms with van der Waals surface area (Å²) in [7, 11) is 1.26. The van der Waals surface area contributed by atoms with E-state index in [1.807, 2.05) is 6.92 Å². The summed E-state index contributed by atoms with van der Waals surface area (Å²) in [5.41, 5.74) is 1.91. The third kappa shape index (κ3) is 5.43. The van der Waals surface area contributed by atoms with Gasteiger partial charge < -0.3 is 30.5 Å². The summed E-state index contributed by atoms with van der Waals surface area (Å²) < 4.78 is 4.65. The van der Waals surface area contributed by atoms with Gasteiger partial charge in [-0.3, -0.25) is 0 Å². The van der Waals surface area contributed by atoms with Crippen LogP contribution >= 0.6 is 0 Å². The SMILES string of the molecule is COC(=O)c1cc(CC(C)NCC(O)c2ccc(O)c(CO)c2)ccc1O. The molecule has 0 aliphatic heterocycles. The highest BCUT2D eigenvalue weighted by molar-refractivity contribution is 5.92. The van der Waals surface area contributed by atoms with Crippen LogP contribution in [0.2, 0.25) is 0 Å². The standard InChI is InChI=1S/C20H25NO6/c1-12(7-13-3-5-18(24)16(8-13)20(26)27-2)21-10-19(25)14-4-6-17(23)15(9-14)11-22/h3-6,8-9,12,19,21-25H,7,10-11H2,1-2H3. The summed E-state index contributed by atoms with van der Waals surface area (Å²) in [5, 5.41) is 42.1. The summed E-state index contributed by atoms with van der Waals surface area (Å²) in [6.45, 7) is 1.91. The molecule has 0 saturated heterocycles. The fourth-order valence-corrected chi connectivity index (χ4v) is 2.78. The average Bonchev–Trinajstić information content (AvgIpc) is 2.67. The zero-order chi connectivity index (χ0) is 20.0. The van der Waals surface area contributed by atoms with Crippen LogP contribution in [-0.2, 0) is 17.8 Å². The molecule has 0 fully saturated rings. The first kappa shape index (κ1) is 20.7. The van der Waals surface area contributed by atoms with E-state index in [-0.39, 0.29) is 36.3 Å². The van der Waals surface area contributed by atoms with Gasteiger partial charge >= 0.3 is 5.97 Å². The lowest BCUT2D eigenvalue weighted by atomic mass is 10.0. The average molecular weight is 375 g/mol. The highest BCUT2D eigenvalue weighted by Gasteiger charge is 2.15. The molecule has 0 radical (unpaired) electrons. The molecule has 0 amide bonds. The molecule has 5 N–H and O–H groups in total. The Labute approximate surface area is 157 Å². The van der Waals surface area contributed by atoms with Crippen molar-refractivity contribution in [2.45, 2.75) is 32.1 Å². The fourth-order valence-electron chi connectivity index (χ4n) is 2.78. The zero-order valence-corrected chi connectivity index (χ0v) is 15.3. The number of hydrogen-bond acceptors (Lipinski definition) is 7. The molecule has 2 unspecified atom stereocenters. The summed E-state index contributed by atoms with van der Waals surface area (Å²) in [6, 6.07) is 9.37. The second-order valence-corrected chi connectivity index (χ2v) is 6.42. The van der Waals surface area contributed by atoms with Gasteiger partial charge in [0, 0.05) is 18.2 Å². The first-order chi connectivity index (χ1) is 12.8. The third-order valence-corrected chi connectivity index (χ3v) is 4.33. The van der Waals surface area contributed by atoms with Crippen LogP contribution in [0.4, 0.5) is 0 Å². The molecule has 2 atom stereocenters. The van der Waals surface area contributed by atoms with Crippen LogP contribution in [0.3, 0.4) is 0 Å². The van der Waals surface area contributed by atoms with E-state index in [1.165, 1.54) is 19.2 Å². The minimum absolute atomic E-state index is 0.0101. The van der Waals surface area contributed by atoms with Gasteiger partial charge in [0.25, 0.3) is 0 Å². The Morgan fingerprint density at radius 3 is 2.52 bits per heavy atom. The normalized spacial score (nSPS) is 13.2. The Bertz CT molecular complexity index is 792. The largest absolute Gasteiger partial charge is 0.508 e. The van der Waals surface area contributed by atoms with Crippen molar-refractivity contribution in [2.75, 3.05) is 13.7 Å². The van der Waals surface area contributed by atoms with Gasteiger partial charge in [-0.1, -0.05) is 12.1 Å². The van der Waals surface area contributed by atoms with E-state index in [0.29, 0.717) is 17.5 Å². The number of phenolic OH excluding ortho intramolecular Hbond substituents is 1. The maximum Gasteiger partial charge on any atom is 0.341 e. The fraction of sp³-hybridized carbons (Fsp3) is 0.350. The van der Waals surface area contributed by atoms with Gasteiger partial charge in [0.1, 0.15) is 17.1 Å². The first-order valence-electron chi connectivity index (χ1n) is 8.60. The lowest BCUT2D eigenvalue weighted by Gasteiger charge is -2.18. The Hall–Kier alpha value is -2.61. The summed E-state index contributed by atoms with van der Waals surface area (Å²) in [4.78, 5) is 11.7. The monoisotopic (exact) mass is 375 g/mol. The van der Waals surface area contributed by atoms with E-state index in [0.717, 1.165) is 5.56 Å². The van der Waals surface area contributed by atoms with E-state index in [1.54, 1.807) is 24.3 Å². The number of nitrogens with one attached hydrogen (secondary N) is 1. The van der Waals surface area contributed by atoms with Crippen molar-refractivity contribution < 1.29 is 30.0 Å². The molecule has 0 saturated carbocycles. The molecule has 27 heavy (non-hydrogen) atoms. The molecule has 146 valence electrons. The molecular weight excluding hydrogens is 350 g/mol. The van der Waals surface area contributed by atoms with Gasteiger partial charge in [0.05, 0.1) is 19.8 Å². The minimum Gasteiger partial charge on any atom is -0.508 e. The van der Waals surface area contributed by atoms with Crippen LogP contribution in [0.15, 0.2) is 36.4 Å². The van der Waals surface area contributed by atoms with Gasteiger partial charge in [0.2, 0.25) is 0 Å². The Morgan fingerprint density at radius 2 is 1.85 bits per heavy atom. The number of phenols is 2. The molecule has 2 rings (SSSR count). The third-order valence-electron chi connectivity index (χ3n) is 4.33. The van der Waals surface area contributed by atoms with Crippen LogP contribution in [0, 0.1) is 0 Å². The van der Waals surface area contributed by atoms with Crippen molar-refractivity contribution >= 4 is 5.97 Å². The zero-order valence-electron chi connectivity index (χ0n) is 15.3. The van der Waals surface area contributed by atoms with E-state index in [2.05, 4.69) is 10.1 Å². The van der Waals surface area contributed by atoms with Crippen molar-refractivity contribution in [3.8, 4) is 11.5 Å². The van der Waals surface area contributed by atoms with Crippen LogP contribution < -0.4 is 5.32 Å². The maximum atomic E-state index is 11.7. The molecule has 0 heterocycles. The van der Waals surface area contributed by atoms with Crippen LogP contribution in [0.1, 0.15) is 40.1 Å². The molecule has 0 aromatic heterocycles. The maximum absolute atomic E-state index is 11.7. The number of methoxy groups -OCH3 is 1. The molecular formula is C20H25NO6. The molecule has 7 nitrogen and oxygen atoms in total. The number of benzene rings is 2. The molecule has 2 aromatic rings. The topological polar surface area (TPSA) is 119 Å². The highest BCUT2D eigenvalue weighted by atomic mass is 16.5. The van der Waals surface area contributed by atoms with Gasteiger partial charge in [-0.25, -0.2) is 4.79 Å². The van der Waals surface area contributed by atoms with Crippen LogP contribution in [0.25, 0.3) is 0 Å². The lowest BCUT2D eigenvalue weighted by molar-refractivity contribution is 0.0597. The molecule has 7 heteroatoms. The minimum atomic E-state index is -0.802. The van der Waals surface area contributed by atoms with E-state index >= 15 is 0 Å². The Kier molecular flexibility index (Phi) is 7.18. The molecule has 0 spiro atoms. The molecule has 0 aliphatic rings. The summed E-state index contributed by atoms with van der Waals surface area (Å²) >= 11 is 0. The lowest BCUT2D eigenvalue weighted by Crippen LogP contribution is -2.32. The van der Waals surface area contributed by atoms with E-state index in [9.17, 15) is 25.2 Å². The van der Waals surface area contributed by atoms with Crippen molar-refractivity contribution in [3.63, 3.8) is 0 Å². The van der Waals surface area contributed by atoms with Gasteiger partial charge in [-0.2, -0.15) is 0 Å². The van der Waals surface area contributed by atoms with Gasteiger partial charge in [0.15, 0.2) is 0 Å². The molecule has 0 aliphatic carbocycles. The van der Waals surface area contributed by atoms with Gasteiger partial charge in [-0.05, 0) is 48.7 Å². The van der Waals surface area contributed by atoms with E-state index < -0.39 is 12.1 Å². The second-order valence-electron chi connectivity index (χ2n) is 6.42. The van der Waals surface area contributed by atoms with E-state index in [4.69, 9.17) is 0 Å². The number of aliphatic hydroxyl groups excluding tert-OH is 2. The predicted octanol–water partition coefficient (Wildman–Crippen LogP) is 1.63. The second kappa shape index (κ2) is 9.36. The van der Waals surface area contributed by atoms with Crippen molar-refractivity contribution in [3.05, 3.63) is 58.7 Å².